The van der Waals surface area contributed by atoms with E-state index in [9.17, 15) is 0 Å². The highest BCUT2D eigenvalue weighted by molar-refractivity contribution is 6.30. The summed E-state index contributed by atoms with van der Waals surface area (Å²) < 4.78 is 0. The molecule has 4 heteroatoms. The van der Waals surface area contributed by atoms with Crippen LogP contribution in [-0.4, -0.2) is 15.0 Å². The molecule has 3 nitrogen and oxygen atoms in total. The van der Waals surface area contributed by atoms with Crippen LogP contribution < -0.4 is 0 Å². The van der Waals surface area contributed by atoms with Gasteiger partial charge in [0.1, 0.15) is 6.33 Å². The summed E-state index contributed by atoms with van der Waals surface area (Å²) in [5, 5.41) is 0.713. The molecule has 0 N–H and O–H groups in total. The lowest BCUT2D eigenvalue weighted by Crippen LogP contribution is -2.28. The highest BCUT2D eigenvalue weighted by atomic mass is 35.5. The molecule has 0 bridgehead atoms. The lowest BCUT2D eigenvalue weighted by atomic mass is 9.67. The fourth-order valence-electron chi connectivity index (χ4n) is 5.80. The van der Waals surface area contributed by atoms with Crippen molar-refractivity contribution >= 4 is 11.6 Å². The van der Waals surface area contributed by atoms with Crippen molar-refractivity contribution in [3.8, 4) is 33.9 Å². The van der Waals surface area contributed by atoms with Gasteiger partial charge in [0.15, 0.2) is 11.6 Å². The van der Waals surface area contributed by atoms with Crippen LogP contribution in [0.3, 0.4) is 0 Å². The lowest BCUT2D eigenvalue weighted by molar-refractivity contribution is 0.768. The standard InChI is InChI=1S/C34H22ClN3/c35-27-15-9-14-26(21-27)34(30-18-6-4-16-28(30)29-17-5-7-19-31(29)34)25-13-8-12-24(20-25)33-37-22-36-32(38-33)23-10-2-1-3-11-23/h1-22H. The van der Waals surface area contributed by atoms with E-state index in [2.05, 4.69) is 94.9 Å². The van der Waals surface area contributed by atoms with Crippen LogP contribution in [0.5, 0.6) is 0 Å². The Morgan fingerprint density at radius 3 is 1.74 bits per heavy atom. The van der Waals surface area contributed by atoms with E-state index >= 15 is 0 Å². The molecule has 0 unspecified atom stereocenters. The number of hydrogen-bond acceptors (Lipinski definition) is 3. The van der Waals surface area contributed by atoms with E-state index in [1.165, 1.54) is 22.3 Å². The van der Waals surface area contributed by atoms with Crippen LogP contribution >= 0.6 is 11.6 Å². The molecule has 0 fully saturated rings. The van der Waals surface area contributed by atoms with Crippen molar-refractivity contribution in [3.63, 3.8) is 0 Å². The van der Waals surface area contributed by atoms with Crippen molar-refractivity contribution in [2.75, 3.05) is 0 Å². The second kappa shape index (κ2) is 9.05. The van der Waals surface area contributed by atoms with Crippen molar-refractivity contribution in [2.24, 2.45) is 0 Å². The van der Waals surface area contributed by atoms with Gasteiger partial charge in [-0.2, -0.15) is 0 Å². The molecule has 0 atom stereocenters. The molecular formula is C34H22ClN3. The Kier molecular flexibility index (Phi) is 5.38. The first-order valence-corrected chi connectivity index (χ1v) is 12.9. The van der Waals surface area contributed by atoms with Gasteiger partial charge in [-0.15, -0.1) is 0 Å². The molecule has 0 radical (unpaired) electrons. The van der Waals surface area contributed by atoms with Crippen molar-refractivity contribution in [3.05, 3.63) is 161 Å². The van der Waals surface area contributed by atoms with E-state index in [-0.39, 0.29) is 0 Å². The third-order valence-electron chi connectivity index (χ3n) is 7.37. The maximum atomic E-state index is 6.60. The Morgan fingerprint density at radius 2 is 1.05 bits per heavy atom. The average molecular weight is 508 g/mol. The highest BCUT2D eigenvalue weighted by Gasteiger charge is 2.46. The molecule has 0 saturated carbocycles. The molecule has 1 heterocycles. The quantitative estimate of drug-likeness (QED) is 0.241. The number of hydrogen-bond donors (Lipinski definition) is 0. The van der Waals surface area contributed by atoms with Gasteiger partial charge in [0.25, 0.3) is 0 Å². The fourth-order valence-corrected chi connectivity index (χ4v) is 5.99. The van der Waals surface area contributed by atoms with Gasteiger partial charge in [-0.3, -0.25) is 0 Å². The van der Waals surface area contributed by atoms with Crippen LogP contribution in [0.15, 0.2) is 134 Å². The van der Waals surface area contributed by atoms with Gasteiger partial charge in [-0.05, 0) is 51.6 Å². The third kappa shape index (κ3) is 3.47. The minimum Gasteiger partial charge on any atom is -0.217 e. The topological polar surface area (TPSA) is 38.7 Å². The maximum Gasteiger partial charge on any atom is 0.163 e. The minimum absolute atomic E-state index is 0.538. The van der Waals surface area contributed by atoms with E-state index in [1.54, 1.807) is 6.33 Å². The first kappa shape index (κ1) is 22.6. The molecule has 0 spiro atoms. The Morgan fingerprint density at radius 1 is 0.500 bits per heavy atom. The predicted molar refractivity (Wildman–Crippen MR) is 153 cm³/mol. The van der Waals surface area contributed by atoms with E-state index in [4.69, 9.17) is 16.6 Å². The molecule has 180 valence electrons. The van der Waals surface area contributed by atoms with E-state index < -0.39 is 5.41 Å². The summed E-state index contributed by atoms with van der Waals surface area (Å²) in [6.07, 6.45) is 1.59. The molecule has 0 saturated heterocycles. The first-order chi connectivity index (χ1) is 18.7. The van der Waals surface area contributed by atoms with Crippen LogP contribution in [0, 0.1) is 0 Å². The highest BCUT2D eigenvalue weighted by Crippen LogP contribution is 2.56. The second-order valence-corrected chi connectivity index (χ2v) is 9.87. The predicted octanol–water partition coefficient (Wildman–Crippen LogP) is 8.22. The number of rotatable bonds is 4. The Labute approximate surface area is 226 Å². The zero-order valence-electron chi connectivity index (χ0n) is 20.4. The lowest BCUT2D eigenvalue weighted by Gasteiger charge is -2.34. The Bertz CT molecular complexity index is 1750. The molecule has 5 aromatic carbocycles. The third-order valence-corrected chi connectivity index (χ3v) is 7.60. The molecule has 1 aliphatic carbocycles. The monoisotopic (exact) mass is 507 g/mol. The van der Waals surface area contributed by atoms with Crippen LogP contribution in [0.1, 0.15) is 22.3 Å². The summed E-state index contributed by atoms with van der Waals surface area (Å²) in [6.45, 7) is 0. The van der Waals surface area contributed by atoms with Crippen LogP contribution in [0.25, 0.3) is 33.9 Å². The Hall–Kier alpha value is -4.60. The van der Waals surface area contributed by atoms with Crippen LogP contribution in [-0.2, 0) is 5.41 Å². The van der Waals surface area contributed by atoms with Crippen molar-refractivity contribution in [2.45, 2.75) is 5.41 Å². The van der Waals surface area contributed by atoms with Gasteiger partial charge in [0.05, 0.1) is 5.41 Å². The summed E-state index contributed by atoms with van der Waals surface area (Å²) in [5.74, 6) is 1.30. The second-order valence-electron chi connectivity index (χ2n) is 9.43. The Balaban J connectivity index is 1.49. The average Bonchev–Trinajstić information content (AvgIpc) is 3.29. The molecule has 6 aromatic rings. The van der Waals surface area contributed by atoms with Gasteiger partial charge < -0.3 is 0 Å². The zero-order valence-corrected chi connectivity index (χ0v) is 21.2. The van der Waals surface area contributed by atoms with Crippen molar-refractivity contribution in [1.29, 1.82) is 0 Å². The molecule has 0 amide bonds. The van der Waals surface area contributed by atoms with Gasteiger partial charge in [-0.25, -0.2) is 15.0 Å². The SMILES string of the molecule is Clc1cccc(C2(c3cccc(-c4ncnc(-c5ccccc5)n4)c3)c3ccccc3-c3ccccc32)c1. The van der Waals surface area contributed by atoms with Crippen molar-refractivity contribution in [1.82, 2.24) is 15.0 Å². The van der Waals surface area contributed by atoms with Gasteiger partial charge in [-0.1, -0.05) is 121 Å². The normalized spacial score (nSPS) is 13.1. The largest absolute Gasteiger partial charge is 0.217 e. The molecule has 0 aliphatic heterocycles. The van der Waals surface area contributed by atoms with Crippen molar-refractivity contribution < 1.29 is 0 Å². The number of fused-ring (bicyclic) bond motifs is 3. The number of nitrogens with zero attached hydrogens (tertiary/aromatic N) is 3. The van der Waals surface area contributed by atoms with E-state index in [0.29, 0.717) is 16.7 Å². The minimum atomic E-state index is -0.538. The maximum absolute atomic E-state index is 6.60. The molecule has 1 aromatic heterocycles. The van der Waals surface area contributed by atoms with Gasteiger partial charge in [0.2, 0.25) is 0 Å². The first-order valence-electron chi connectivity index (χ1n) is 12.6. The van der Waals surface area contributed by atoms with E-state index in [0.717, 1.165) is 22.3 Å². The van der Waals surface area contributed by atoms with Crippen LogP contribution in [0.4, 0.5) is 0 Å². The van der Waals surface area contributed by atoms with Gasteiger partial charge in [0, 0.05) is 16.1 Å². The molecule has 7 rings (SSSR count). The number of halogens is 1. The summed E-state index contributed by atoms with van der Waals surface area (Å²) in [6, 6.07) is 44.1. The molecule has 38 heavy (non-hydrogen) atoms. The molecule has 1 aliphatic rings. The molecular weight excluding hydrogens is 486 g/mol. The fraction of sp³-hybridized carbons (Fsp3) is 0.0294. The zero-order chi connectivity index (χ0) is 25.5. The smallest absolute Gasteiger partial charge is 0.163 e. The summed E-state index contributed by atoms with van der Waals surface area (Å²) >= 11 is 6.60. The van der Waals surface area contributed by atoms with Gasteiger partial charge >= 0.3 is 0 Å². The number of benzene rings is 5. The summed E-state index contributed by atoms with van der Waals surface area (Å²) in [4.78, 5) is 13.8. The number of aromatic nitrogens is 3. The summed E-state index contributed by atoms with van der Waals surface area (Å²) in [7, 11) is 0. The summed E-state index contributed by atoms with van der Waals surface area (Å²) in [5.41, 5.74) is 8.56. The van der Waals surface area contributed by atoms with Crippen LogP contribution in [0.2, 0.25) is 5.02 Å². The van der Waals surface area contributed by atoms with E-state index in [1.807, 2.05) is 42.5 Å².